The van der Waals surface area contributed by atoms with E-state index in [2.05, 4.69) is 42.5 Å². The number of pyridine rings is 1. The van der Waals surface area contributed by atoms with E-state index in [4.69, 9.17) is 14.5 Å². The number of aromatic nitrogens is 1. The van der Waals surface area contributed by atoms with Gasteiger partial charge in [0.25, 0.3) is 0 Å². The van der Waals surface area contributed by atoms with Gasteiger partial charge in [0.15, 0.2) is 0 Å². The summed E-state index contributed by atoms with van der Waals surface area (Å²) in [7, 11) is 0. The Morgan fingerprint density at radius 2 is 1.33 bits per heavy atom. The van der Waals surface area contributed by atoms with Gasteiger partial charge in [-0.3, -0.25) is 0 Å². The van der Waals surface area contributed by atoms with Gasteiger partial charge in [-0.05, 0) is 84.1 Å². The zero-order valence-corrected chi connectivity index (χ0v) is 22.5. The van der Waals surface area contributed by atoms with E-state index < -0.39 is 0 Å². The van der Waals surface area contributed by atoms with E-state index in [0.717, 1.165) is 22.3 Å². The second-order valence-electron chi connectivity index (χ2n) is 11.4. The third-order valence-electron chi connectivity index (χ3n) is 8.72. The molecule has 0 saturated heterocycles. The van der Waals surface area contributed by atoms with E-state index in [1.807, 2.05) is 54.6 Å². The molecule has 4 nitrogen and oxygen atoms in total. The highest BCUT2D eigenvalue weighted by Gasteiger charge is 2.45. The number of rotatable bonds is 9. The molecule has 6 rings (SSSR count). The molecule has 1 aromatic heterocycles. The first-order valence-electron chi connectivity index (χ1n) is 14.3. The lowest BCUT2D eigenvalue weighted by atomic mass is 9.54. The number of hydrogen-bond acceptors (Lipinski definition) is 4. The van der Waals surface area contributed by atoms with Crippen LogP contribution in [0.5, 0.6) is 11.8 Å². The quantitative estimate of drug-likeness (QED) is 0.244. The van der Waals surface area contributed by atoms with E-state index in [-0.39, 0.29) is 0 Å². The fourth-order valence-corrected chi connectivity index (χ4v) is 6.49. The summed E-state index contributed by atoms with van der Waals surface area (Å²) in [4.78, 5) is 4.77. The Kier molecular flexibility index (Phi) is 7.64. The average Bonchev–Trinajstić information content (AvgIpc) is 2.99. The summed E-state index contributed by atoms with van der Waals surface area (Å²) in [5.74, 6) is 2.31. The minimum Gasteiger partial charge on any atom is -0.473 e. The molecule has 3 aromatic carbocycles. The standard InChI is InChI=1S/C35H37NO3/c37-23-28-21-35(22-28)19-17-30(18-20-35)29-11-13-31(14-12-29)32-15-16-33(38-24-26-7-3-1-4-8-26)36-34(32)39-25-27-9-5-2-6-10-27/h1-16,28,30,37H,17-25H2. The molecule has 0 amide bonds. The monoisotopic (exact) mass is 519 g/mol. The Labute approximate surface area is 231 Å². The minimum absolute atomic E-state index is 0.360. The van der Waals surface area contributed by atoms with Gasteiger partial charge < -0.3 is 14.6 Å². The average molecular weight is 520 g/mol. The largest absolute Gasteiger partial charge is 0.473 e. The Balaban J connectivity index is 1.17. The van der Waals surface area contributed by atoms with E-state index >= 15 is 0 Å². The van der Waals surface area contributed by atoms with E-state index in [1.165, 1.54) is 44.1 Å². The first-order valence-corrected chi connectivity index (χ1v) is 14.3. The van der Waals surface area contributed by atoms with Gasteiger partial charge in [0.2, 0.25) is 11.8 Å². The lowest BCUT2D eigenvalue weighted by Gasteiger charge is -2.51. The molecule has 1 N–H and O–H groups in total. The summed E-state index contributed by atoms with van der Waals surface area (Å²) in [5, 5.41) is 9.43. The van der Waals surface area contributed by atoms with Crippen molar-refractivity contribution in [3.8, 4) is 22.9 Å². The number of aliphatic hydroxyl groups excluding tert-OH is 1. The van der Waals surface area contributed by atoms with Crippen molar-refractivity contribution >= 4 is 0 Å². The van der Waals surface area contributed by atoms with Crippen molar-refractivity contribution in [3.63, 3.8) is 0 Å². The highest BCUT2D eigenvalue weighted by atomic mass is 16.5. The minimum atomic E-state index is 0.360. The first kappa shape index (κ1) is 25.6. The maximum absolute atomic E-state index is 9.43. The first-order chi connectivity index (χ1) is 19.2. The second kappa shape index (κ2) is 11.6. The van der Waals surface area contributed by atoms with Gasteiger partial charge in [-0.25, -0.2) is 0 Å². The molecule has 0 aliphatic heterocycles. The summed E-state index contributed by atoms with van der Waals surface area (Å²) in [6.45, 7) is 1.27. The molecule has 2 aliphatic carbocycles. The fraction of sp³-hybridized carbons (Fsp3) is 0.343. The molecule has 2 fully saturated rings. The summed E-state index contributed by atoms with van der Waals surface area (Å²) in [6.07, 6.45) is 7.53. The Bertz CT molecular complexity index is 1340. The van der Waals surface area contributed by atoms with Crippen molar-refractivity contribution in [2.24, 2.45) is 11.3 Å². The van der Waals surface area contributed by atoms with Crippen molar-refractivity contribution in [1.82, 2.24) is 4.98 Å². The van der Waals surface area contributed by atoms with Gasteiger partial charge in [0.1, 0.15) is 13.2 Å². The highest BCUT2D eigenvalue weighted by molar-refractivity contribution is 5.69. The number of benzene rings is 3. The molecule has 0 unspecified atom stereocenters. The second-order valence-corrected chi connectivity index (χ2v) is 11.4. The van der Waals surface area contributed by atoms with Crippen LogP contribution in [0.15, 0.2) is 97.1 Å². The molecule has 1 spiro atoms. The SMILES string of the molecule is OCC1CC2(CCC(c3ccc(-c4ccc(OCc5ccccc5)nc4OCc4ccccc4)cc3)CC2)C1. The summed E-state index contributed by atoms with van der Waals surface area (Å²) in [5.41, 5.74) is 6.21. The van der Waals surface area contributed by atoms with E-state index in [1.54, 1.807) is 0 Å². The Morgan fingerprint density at radius 3 is 1.95 bits per heavy atom. The van der Waals surface area contributed by atoms with Gasteiger partial charge in [-0.1, -0.05) is 84.9 Å². The maximum atomic E-state index is 9.43. The van der Waals surface area contributed by atoms with Crippen LogP contribution in [0.1, 0.15) is 61.1 Å². The van der Waals surface area contributed by atoms with Crippen molar-refractivity contribution in [1.29, 1.82) is 0 Å². The molecule has 2 saturated carbocycles. The predicted octanol–water partition coefficient (Wildman–Crippen LogP) is 7.95. The summed E-state index contributed by atoms with van der Waals surface area (Å²) >= 11 is 0. The molecule has 0 atom stereocenters. The number of ether oxygens (including phenoxy) is 2. The van der Waals surface area contributed by atoms with Gasteiger partial charge in [-0.2, -0.15) is 4.98 Å². The van der Waals surface area contributed by atoms with Crippen molar-refractivity contribution in [2.45, 2.75) is 57.7 Å². The topological polar surface area (TPSA) is 51.6 Å². The summed E-state index contributed by atoms with van der Waals surface area (Å²) < 4.78 is 12.3. The van der Waals surface area contributed by atoms with Crippen LogP contribution in [-0.4, -0.2) is 16.7 Å². The van der Waals surface area contributed by atoms with Gasteiger partial charge in [0, 0.05) is 18.2 Å². The number of nitrogens with zero attached hydrogens (tertiary/aromatic N) is 1. The highest BCUT2D eigenvalue weighted by Crippen LogP contribution is 2.56. The molecular formula is C35H37NO3. The van der Waals surface area contributed by atoms with Crippen molar-refractivity contribution in [3.05, 3.63) is 114 Å². The molecule has 4 aromatic rings. The van der Waals surface area contributed by atoms with Crippen LogP contribution in [0.25, 0.3) is 11.1 Å². The smallest absolute Gasteiger partial charge is 0.225 e. The lowest BCUT2D eigenvalue weighted by Crippen LogP contribution is -2.41. The Morgan fingerprint density at radius 1 is 0.718 bits per heavy atom. The third-order valence-corrected chi connectivity index (χ3v) is 8.72. The van der Waals surface area contributed by atoms with Gasteiger partial charge >= 0.3 is 0 Å². The van der Waals surface area contributed by atoms with E-state index in [0.29, 0.717) is 48.8 Å². The maximum Gasteiger partial charge on any atom is 0.225 e. The normalized spacial score (nSPS) is 22.3. The third kappa shape index (κ3) is 6.02. The van der Waals surface area contributed by atoms with Gasteiger partial charge in [0.05, 0.1) is 0 Å². The predicted molar refractivity (Wildman–Crippen MR) is 155 cm³/mol. The molecule has 2 aliphatic rings. The van der Waals surface area contributed by atoms with Crippen molar-refractivity contribution in [2.75, 3.05) is 6.61 Å². The van der Waals surface area contributed by atoms with Crippen LogP contribution >= 0.6 is 0 Å². The number of hydrogen-bond donors (Lipinski definition) is 1. The van der Waals surface area contributed by atoms with Crippen LogP contribution < -0.4 is 9.47 Å². The van der Waals surface area contributed by atoms with Crippen LogP contribution in [0, 0.1) is 11.3 Å². The zero-order chi connectivity index (χ0) is 26.5. The molecule has 200 valence electrons. The van der Waals surface area contributed by atoms with Crippen LogP contribution in [0.2, 0.25) is 0 Å². The zero-order valence-electron chi connectivity index (χ0n) is 22.5. The van der Waals surface area contributed by atoms with Crippen LogP contribution in [0.3, 0.4) is 0 Å². The molecule has 0 bridgehead atoms. The van der Waals surface area contributed by atoms with Crippen LogP contribution in [0.4, 0.5) is 0 Å². The molecule has 39 heavy (non-hydrogen) atoms. The van der Waals surface area contributed by atoms with Gasteiger partial charge in [-0.15, -0.1) is 0 Å². The molecule has 1 heterocycles. The molecular weight excluding hydrogens is 482 g/mol. The van der Waals surface area contributed by atoms with Crippen LogP contribution in [-0.2, 0) is 13.2 Å². The Hall–Kier alpha value is -3.63. The summed E-state index contributed by atoms with van der Waals surface area (Å²) in [6, 6.07) is 33.3. The van der Waals surface area contributed by atoms with E-state index in [9.17, 15) is 5.11 Å². The van der Waals surface area contributed by atoms with Crippen molar-refractivity contribution < 1.29 is 14.6 Å². The fourth-order valence-electron chi connectivity index (χ4n) is 6.49. The molecule has 4 heteroatoms. The molecule has 0 radical (unpaired) electrons. The lowest BCUT2D eigenvalue weighted by molar-refractivity contribution is -0.0170. The number of aliphatic hydroxyl groups is 1.